The summed E-state index contributed by atoms with van der Waals surface area (Å²) in [6.45, 7) is 10.5. The van der Waals surface area contributed by atoms with Crippen molar-refractivity contribution >= 4 is 11.6 Å². The number of nitrogens with zero attached hydrogens (tertiary/aromatic N) is 2. The lowest BCUT2D eigenvalue weighted by Crippen LogP contribution is -2.19. The van der Waals surface area contributed by atoms with E-state index in [1.807, 2.05) is 29.9 Å². The molecular formula is C17H24ClN3. The smallest absolute Gasteiger partial charge is 0.0663 e. The molecule has 0 amide bonds. The minimum atomic E-state index is 0.654. The lowest BCUT2D eigenvalue weighted by atomic mass is 10.1. The molecule has 0 saturated carbocycles. The molecule has 0 bridgehead atoms. The molecule has 0 saturated heterocycles. The van der Waals surface area contributed by atoms with E-state index >= 15 is 0 Å². The van der Waals surface area contributed by atoms with Crippen LogP contribution >= 0.6 is 11.6 Å². The maximum absolute atomic E-state index is 6.23. The maximum atomic E-state index is 6.23. The molecule has 0 aliphatic rings. The predicted molar refractivity (Wildman–Crippen MR) is 89.2 cm³/mol. The molecule has 1 aromatic carbocycles. The lowest BCUT2D eigenvalue weighted by molar-refractivity contribution is 0.551. The van der Waals surface area contributed by atoms with E-state index in [0.717, 1.165) is 35.8 Å². The molecule has 0 spiro atoms. The normalized spacial score (nSPS) is 11.3. The third-order valence-electron chi connectivity index (χ3n) is 3.56. The molecule has 3 nitrogen and oxygen atoms in total. The van der Waals surface area contributed by atoms with Gasteiger partial charge in [0.1, 0.15) is 0 Å². The molecule has 1 N–H and O–H groups in total. The van der Waals surface area contributed by atoms with E-state index < -0.39 is 0 Å². The second kappa shape index (κ2) is 7.10. The largest absolute Gasteiger partial charge is 0.312 e. The molecule has 1 heterocycles. The molecule has 1 aromatic heterocycles. The lowest BCUT2D eigenvalue weighted by Gasteiger charge is -2.10. The van der Waals surface area contributed by atoms with Crippen LogP contribution in [0.2, 0.25) is 5.02 Å². The number of hydrogen-bond acceptors (Lipinski definition) is 2. The molecule has 21 heavy (non-hydrogen) atoms. The molecule has 114 valence electrons. The van der Waals surface area contributed by atoms with Crippen molar-refractivity contribution in [2.75, 3.05) is 6.54 Å². The van der Waals surface area contributed by atoms with Crippen LogP contribution in [0.1, 0.15) is 37.6 Å². The van der Waals surface area contributed by atoms with Crippen molar-refractivity contribution in [1.29, 1.82) is 0 Å². The molecule has 0 atom stereocenters. The average molecular weight is 306 g/mol. The first-order valence-electron chi connectivity index (χ1n) is 7.56. The molecule has 2 aromatic rings. The first-order valence-corrected chi connectivity index (χ1v) is 7.93. The van der Waals surface area contributed by atoms with Gasteiger partial charge in [0, 0.05) is 22.8 Å². The number of hydrogen-bond donors (Lipinski definition) is 1. The Hall–Kier alpha value is -1.32. The topological polar surface area (TPSA) is 29.9 Å². The number of rotatable bonds is 6. The zero-order chi connectivity index (χ0) is 15.4. The number of aryl methyl sites for hydroxylation is 1. The van der Waals surface area contributed by atoms with Gasteiger partial charge in [0.2, 0.25) is 0 Å². The first-order chi connectivity index (χ1) is 10.0. The van der Waals surface area contributed by atoms with E-state index in [4.69, 9.17) is 11.6 Å². The third kappa shape index (κ3) is 3.86. The molecule has 0 aliphatic heterocycles. The van der Waals surface area contributed by atoms with Crippen molar-refractivity contribution in [3.63, 3.8) is 0 Å². The van der Waals surface area contributed by atoms with Gasteiger partial charge < -0.3 is 5.32 Å². The Morgan fingerprint density at radius 3 is 2.71 bits per heavy atom. The molecule has 0 aliphatic carbocycles. The van der Waals surface area contributed by atoms with Gasteiger partial charge >= 0.3 is 0 Å². The minimum absolute atomic E-state index is 0.654. The molecule has 0 fully saturated rings. The summed E-state index contributed by atoms with van der Waals surface area (Å²) in [5, 5.41) is 8.81. The van der Waals surface area contributed by atoms with Gasteiger partial charge in [0.25, 0.3) is 0 Å². The van der Waals surface area contributed by atoms with Crippen LogP contribution in [0.4, 0.5) is 0 Å². The van der Waals surface area contributed by atoms with Crippen molar-refractivity contribution in [2.45, 2.75) is 40.7 Å². The van der Waals surface area contributed by atoms with Gasteiger partial charge in [-0.05, 0) is 43.5 Å². The van der Waals surface area contributed by atoms with Crippen LogP contribution in [0.25, 0.3) is 5.69 Å². The van der Waals surface area contributed by atoms with Gasteiger partial charge in [-0.1, -0.05) is 38.4 Å². The van der Waals surface area contributed by atoms with Crippen molar-refractivity contribution in [1.82, 2.24) is 15.1 Å². The van der Waals surface area contributed by atoms with E-state index in [9.17, 15) is 0 Å². The van der Waals surface area contributed by atoms with Gasteiger partial charge in [0.15, 0.2) is 0 Å². The van der Waals surface area contributed by atoms with E-state index in [0.29, 0.717) is 5.92 Å². The second-order valence-corrected chi connectivity index (χ2v) is 6.25. The Balaban J connectivity index is 2.24. The molecule has 4 heteroatoms. The average Bonchev–Trinajstić information content (AvgIpc) is 2.84. The van der Waals surface area contributed by atoms with Crippen molar-refractivity contribution in [3.05, 3.63) is 46.2 Å². The zero-order valence-corrected chi connectivity index (χ0v) is 14.0. The van der Waals surface area contributed by atoms with Gasteiger partial charge in [-0.3, -0.25) is 0 Å². The quantitative estimate of drug-likeness (QED) is 0.869. The van der Waals surface area contributed by atoms with E-state index in [2.05, 4.69) is 37.3 Å². The van der Waals surface area contributed by atoms with Crippen LogP contribution in [0.3, 0.4) is 0 Å². The van der Waals surface area contributed by atoms with Crippen LogP contribution < -0.4 is 5.32 Å². The third-order valence-corrected chi connectivity index (χ3v) is 3.97. The van der Waals surface area contributed by atoms with Gasteiger partial charge in [0.05, 0.1) is 11.9 Å². The molecule has 0 radical (unpaired) electrons. The monoisotopic (exact) mass is 305 g/mol. The Labute approximate surface area is 132 Å². The predicted octanol–water partition coefficient (Wildman–Crippen LogP) is 4.14. The highest BCUT2D eigenvalue weighted by molar-refractivity contribution is 6.31. The Kier molecular flexibility index (Phi) is 5.43. The number of benzene rings is 1. The highest BCUT2D eigenvalue weighted by Gasteiger charge is 2.11. The Morgan fingerprint density at radius 2 is 2.10 bits per heavy atom. The fourth-order valence-electron chi connectivity index (χ4n) is 2.36. The van der Waals surface area contributed by atoms with Crippen molar-refractivity contribution in [3.8, 4) is 5.69 Å². The summed E-state index contributed by atoms with van der Waals surface area (Å²) in [5.41, 5.74) is 4.61. The summed E-state index contributed by atoms with van der Waals surface area (Å²) in [4.78, 5) is 0. The maximum Gasteiger partial charge on any atom is 0.0663 e. The zero-order valence-electron chi connectivity index (χ0n) is 13.3. The number of halogens is 1. The Morgan fingerprint density at radius 1 is 1.33 bits per heavy atom. The van der Waals surface area contributed by atoms with Crippen LogP contribution in [-0.2, 0) is 13.0 Å². The highest BCUT2D eigenvalue weighted by atomic mass is 35.5. The summed E-state index contributed by atoms with van der Waals surface area (Å²) in [7, 11) is 0. The van der Waals surface area contributed by atoms with Crippen LogP contribution in [0, 0.1) is 12.8 Å². The van der Waals surface area contributed by atoms with E-state index in [-0.39, 0.29) is 0 Å². The van der Waals surface area contributed by atoms with Crippen LogP contribution in [-0.4, -0.2) is 16.3 Å². The van der Waals surface area contributed by atoms with Crippen LogP contribution in [0.5, 0.6) is 0 Å². The fraction of sp³-hybridized carbons (Fsp3) is 0.471. The van der Waals surface area contributed by atoms with Crippen LogP contribution in [0.15, 0.2) is 24.4 Å². The van der Waals surface area contributed by atoms with E-state index in [1.54, 1.807) is 0 Å². The summed E-state index contributed by atoms with van der Waals surface area (Å²) >= 11 is 6.23. The standard InChI is InChI=1S/C17H24ClN3/c1-5-17-14(10-19-9-12(2)3)11-20-21(17)15-7-6-13(4)16(18)8-15/h6-8,11-12,19H,5,9-10H2,1-4H3. The minimum Gasteiger partial charge on any atom is -0.312 e. The summed E-state index contributed by atoms with van der Waals surface area (Å²) in [6.07, 6.45) is 2.91. The molecule has 0 unspecified atom stereocenters. The fourth-order valence-corrected chi connectivity index (χ4v) is 2.54. The van der Waals surface area contributed by atoms with Crippen molar-refractivity contribution < 1.29 is 0 Å². The van der Waals surface area contributed by atoms with Crippen molar-refractivity contribution in [2.24, 2.45) is 5.92 Å². The summed E-state index contributed by atoms with van der Waals surface area (Å²) in [6, 6.07) is 6.09. The summed E-state index contributed by atoms with van der Waals surface area (Å²) < 4.78 is 2.00. The highest BCUT2D eigenvalue weighted by Crippen LogP contribution is 2.21. The Bertz CT molecular complexity index is 602. The van der Waals surface area contributed by atoms with Gasteiger partial charge in [-0.2, -0.15) is 5.10 Å². The first kappa shape index (κ1) is 16.1. The van der Waals surface area contributed by atoms with Gasteiger partial charge in [-0.15, -0.1) is 0 Å². The number of nitrogens with one attached hydrogen (secondary N) is 1. The SMILES string of the molecule is CCc1c(CNCC(C)C)cnn1-c1ccc(C)c(Cl)c1. The second-order valence-electron chi connectivity index (χ2n) is 5.84. The summed E-state index contributed by atoms with van der Waals surface area (Å²) in [5.74, 6) is 0.654. The molecular weight excluding hydrogens is 282 g/mol. The van der Waals surface area contributed by atoms with E-state index in [1.165, 1.54) is 11.3 Å². The van der Waals surface area contributed by atoms with Gasteiger partial charge in [-0.25, -0.2) is 4.68 Å². The molecule has 2 rings (SSSR count). The number of aromatic nitrogens is 2.